The van der Waals surface area contributed by atoms with Crippen LogP contribution in [-0.2, 0) is 16.1 Å². The molecule has 1 rings (SSSR count). The molecule has 7 nitrogen and oxygen atoms in total. The summed E-state index contributed by atoms with van der Waals surface area (Å²) in [6.45, 7) is 5.51. The number of hydrogen-bond donors (Lipinski definition) is 4. The number of aliphatic carboxylic acids is 1. The van der Waals surface area contributed by atoms with E-state index in [-0.39, 0.29) is 5.11 Å². The Balaban J connectivity index is 2.77. The second-order valence-corrected chi connectivity index (χ2v) is 7.08. The van der Waals surface area contributed by atoms with Crippen LogP contribution in [-0.4, -0.2) is 27.9 Å². The third kappa shape index (κ3) is 6.27. The molecule has 1 aromatic rings. The van der Waals surface area contributed by atoms with E-state index in [1.165, 1.54) is 11.3 Å². The summed E-state index contributed by atoms with van der Waals surface area (Å²) in [6.07, 6.45) is -0.781. The SMILES string of the molecule is CC(C)(C)OC(=O)NC(C(=O)O)c1ccc(CNC(N)=S)s1. The van der Waals surface area contributed by atoms with Gasteiger partial charge < -0.3 is 26.2 Å². The molecule has 22 heavy (non-hydrogen) atoms. The molecule has 0 aliphatic carbocycles. The number of rotatable bonds is 5. The van der Waals surface area contributed by atoms with E-state index in [0.717, 1.165) is 4.88 Å². The first-order chi connectivity index (χ1) is 10.1. The fourth-order valence-electron chi connectivity index (χ4n) is 1.50. The second-order valence-electron chi connectivity index (χ2n) is 5.44. The number of carbonyl (C=O) groups is 2. The average Bonchev–Trinajstić information content (AvgIpc) is 2.79. The number of nitrogens with one attached hydrogen (secondary N) is 2. The molecule has 0 aliphatic heterocycles. The molecule has 9 heteroatoms. The fraction of sp³-hybridized carbons (Fsp3) is 0.462. The molecule has 0 saturated heterocycles. The molecular formula is C13H19N3O4S2. The number of alkyl carbamates (subject to hydrolysis) is 1. The zero-order chi connectivity index (χ0) is 16.9. The Kier molecular flexibility index (Phi) is 6.12. The average molecular weight is 345 g/mol. The standard InChI is InChI=1S/C13H19N3O4S2/c1-13(2,3)20-12(19)16-9(10(17)18)8-5-4-7(22-8)6-15-11(14)21/h4-5,9H,6H2,1-3H3,(H,16,19)(H,17,18)(H3,14,15,21). The number of thiophene rings is 1. The maximum Gasteiger partial charge on any atom is 0.408 e. The van der Waals surface area contributed by atoms with Crippen LogP contribution in [0.4, 0.5) is 4.79 Å². The van der Waals surface area contributed by atoms with Gasteiger partial charge in [-0.2, -0.15) is 0 Å². The van der Waals surface area contributed by atoms with Crippen LogP contribution in [0.1, 0.15) is 36.6 Å². The first-order valence-corrected chi connectivity index (χ1v) is 7.65. The lowest BCUT2D eigenvalue weighted by Gasteiger charge is -2.21. The highest BCUT2D eigenvalue weighted by Gasteiger charge is 2.26. The van der Waals surface area contributed by atoms with Gasteiger partial charge in [0, 0.05) is 9.75 Å². The number of thiocarbonyl (C=S) groups is 1. The molecule has 0 bridgehead atoms. The number of nitrogens with two attached hydrogens (primary N) is 1. The van der Waals surface area contributed by atoms with Crippen LogP contribution in [0.3, 0.4) is 0 Å². The van der Waals surface area contributed by atoms with Gasteiger partial charge >= 0.3 is 12.1 Å². The molecule has 122 valence electrons. The summed E-state index contributed by atoms with van der Waals surface area (Å²) in [5, 5.41) is 14.6. The predicted molar refractivity (Wildman–Crippen MR) is 87.7 cm³/mol. The lowest BCUT2D eigenvalue weighted by atomic mass is 10.2. The number of carboxylic acids is 1. The predicted octanol–water partition coefficient (Wildman–Crippen LogP) is 1.73. The van der Waals surface area contributed by atoms with Gasteiger partial charge in [0.2, 0.25) is 0 Å². The minimum absolute atomic E-state index is 0.164. The Morgan fingerprint density at radius 3 is 2.59 bits per heavy atom. The lowest BCUT2D eigenvalue weighted by Crippen LogP contribution is -2.37. The molecule has 1 aromatic heterocycles. The molecule has 1 unspecified atom stereocenters. The van der Waals surface area contributed by atoms with Crippen LogP contribution < -0.4 is 16.4 Å². The summed E-state index contributed by atoms with van der Waals surface area (Å²) in [6, 6.07) is 2.22. The monoisotopic (exact) mass is 345 g/mol. The summed E-state index contributed by atoms with van der Waals surface area (Å²) < 4.78 is 5.07. The highest BCUT2D eigenvalue weighted by Crippen LogP contribution is 2.24. The number of ether oxygens (including phenoxy) is 1. The Morgan fingerprint density at radius 1 is 1.45 bits per heavy atom. The van der Waals surface area contributed by atoms with E-state index in [2.05, 4.69) is 10.6 Å². The van der Waals surface area contributed by atoms with Crippen molar-refractivity contribution in [2.75, 3.05) is 0 Å². The summed E-state index contributed by atoms with van der Waals surface area (Å²) in [5.74, 6) is -1.17. The fourth-order valence-corrected chi connectivity index (χ4v) is 2.57. The third-order valence-corrected chi connectivity index (χ3v) is 3.61. The van der Waals surface area contributed by atoms with E-state index >= 15 is 0 Å². The van der Waals surface area contributed by atoms with Gasteiger partial charge in [0.1, 0.15) is 5.60 Å². The quantitative estimate of drug-likeness (QED) is 0.601. The van der Waals surface area contributed by atoms with Crippen LogP contribution in [0.2, 0.25) is 0 Å². The summed E-state index contributed by atoms with van der Waals surface area (Å²) in [4.78, 5) is 24.4. The van der Waals surface area contributed by atoms with Crippen molar-refractivity contribution in [3.8, 4) is 0 Å². The van der Waals surface area contributed by atoms with E-state index in [9.17, 15) is 14.7 Å². The molecule has 0 aromatic carbocycles. The minimum Gasteiger partial charge on any atom is -0.479 e. The topological polar surface area (TPSA) is 114 Å². The van der Waals surface area contributed by atoms with Crippen LogP contribution in [0.15, 0.2) is 12.1 Å². The minimum atomic E-state index is -1.17. The van der Waals surface area contributed by atoms with E-state index < -0.39 is 23.7 Å². The van der Waals surface area contributed by atoms with Gasteiger partial charge in [-0.3, -0.25) is 0 Å². The smallest absolute Gasteiger partial charge is 0.408 e. The second kappa shape index (κ2) is 7.41. The van der Waals surface area contributed by atoms with Gasteiger partial charge in [0.05, 0.1) is 6.54 Å². The molecule has 1 amide bonds. The van der Waals surface area contributed by atoms with Gasteiger partial charge in [-0.25, -0.2) is 9.59 Å². The van der Waals surface area contributed by atoms with E-state index in [0.29, 0.717) is 11.4 Å². The van der Waals surface area contributed by atoms with E-state index in [4.69, 9.17) is 22.7 Å². The molecule has 1 heterocycles. The number of carbonyl (C=O) groups excluding carboxylic acids is 1. The zero-order valence-electron chi connectivity index (χ0n) is 12.5. The molecule has 0 fully saturated rings. The van der Waals surface area contributed by atoms with Crippen molar-refractivity contribution >= 4 is 40.7 Å². The number of hydrogen-bond acceptors (Lipinski definition) is 5. The van der Waals surface area contributed by atoms with Gasteiger partial charge in [0.25, 0.3) is 0 Å². The van der Waals surface area contributed by atoms with Gasteiger partial charge in [-0.15, -0.1) is 11.3 Å². The normalized spacial score (nSPS) is 12.3. The highest BCUT2D eigenvalue weighted by atomic mass is 32.1. The summed E-state index contributed by atoms with van der Waals surface area (Å²) >= 11 is 5.95. The largest absolute Gasteiger partial charge is 0.479 e. The molecular weight excluding hydrogens is 326 g/mol. The molecule has 0 spiro atoms. The molecule has 5 N–H and O–H groups in total. The van der Waals surface area contributed by atoms with Crippen LogP contribution in [0, 0.1) is 0 Å². The van der Waals surface area contributed by atoms with Crippen molar-refractivity contribution in [2.45, 2.75) is 39.0 Å². The summed E-state index contributed by atoms with van der Waals surface area (Å²) in [5.41, 5.74) is 4.64. The Morgan fingerprint density at radius 2 is 2.09 bits per heavy atom. The third-order valence-electron chi connectivity index (χ3n) is 2.31. The van der Waals surface area contributed by atoms with Crippen LogP contribution in [0.25, 0.3) is 0 Å². The lowest BCUT2D eigenvalue weighted by molar-refractivity contribution is -0.139. The highest BCUT2D eigenvalue weighted by molar-refractivity contribution is 7.80. The molecule has 0 radical (unpaired) electrons. The van der Waals surface area contributed by atoms with Crippen molar-refractivity contribution in [1.29, 1.82) is 0 Å². The molecule has 0 saturated carbocycles. The van der Waals surface area contributed by atoms with Gasteiger partial charge in [0.15, 0.2) is 11.2 Å². The van der Waals surface area contributed by atoms with Gasteiger partial charge in [-0.1, -0.05) is 0 Å². The molecule has 1 atom stereocenters. The first-order valence-electron chi connectivity index (χ1n) is 6.42. The number of amides is 1. The van der Waals surface area contributed by atoms with Gasteiger partial charge in [-0.05, 0) is 45.1 Å². The van der Waals surface area contributed by atoms with Crippen molar-refractivity contribution in [2.24, 2.45) is 5.73 Å². The van der Waals surface area contributed by atoms with Crippen molar-refractivity contribution < 1.29 is 19.4 Å². The number of carboxylic acid groups (broad SMARTS) is 1. The van der Waals surface area contributed by atoms with Crippen LogP contribution in [0.5, 0.6) is 0 Å². The van der Waals surface area contributed by atoms with Crippen molar-refractivity contribution in [3.63, 3.8) is 0 Å². The Hall–Kier alpha value is -1.87. The van der Waals surface area contributed by atoms with Crippen molar-refractivity contribution in [3.05, 3.63) is 21.9 Å². The van der Waals surface area contributed by atoms with Crippen LogP contribution >= 0.6 is 23.6 Å². The maximum absolute atomic E-state index is 11.7. The van der Waals surface area contributed by atoms with E-state index in [1.807, 2.05) is 0 Å². The molecule has 0 aliphatic rings. The Bertz CT molecular complexity index is 566. The Labute approximate surface area is 137 Å². The van der Waals surface area contributed by atoms with Crippen molar-refractivity contribution in [1.82, 2.24) is 10.6 Å². The maximum atomic E-state index is 11.7. The van der Waals surface area contributed by atoms with E-state index in [1.54, 1.807) is 32.9 Å². The zero-order valence-corrected chi connectivity index (χ0v) is 14.1. The first kappa shape index (κ1) is 18.2. The summed E-state index contributed by atoms with van der Waals surface area (Å²) in [7, 11) is 0.